The third-order valence-corrected chi connectivity index (χ3v) is 3.46. The smallest absolute Gasteiger partial charge is 0.220 e. The molecule has 0 N–H and O–H groups in total. The standard InChI is InChI=1S/C17H12Cl2N2O2/c1-11-12(22-16-9-3-7-14(18)20-16)5-2-6-13(11)23-17-10-4-8-15(19)21-17/h2-10H,1H3. The molecule has 0 atom stereocenters. The number of rotatable bonds is 4. The van der Waals surface area contributed by atoms with Crippen LogP contribution in [0.4, 0.5) is 0 Å². The molecular weight excluding hydrogens is 335 g/mol. The molecule has 0 bridgehead atoms. The maximum atomic E-state index is 5.87. The Labute approximate surface area is 143 Å². The molecule has 116 valence electrons. The summed E-state index contributed by atoms with van der Waals surface area (Å²) in [6, 6.07) is 15.9. The fourth-order valence-corrected chi connectivity index (χ4v) is 2.25. The van der Waals surface area contributed by atoms with E-state index in [1.54, 1.807) is 36.4 Å². The maximum Gasteiger partial charge on any atom is 0.220 e. The van der Waals surface area contributed by atoms with Crippen LogP contribution >= 0.6 is 23.2 Å². The highest BCUT2D eigenvalue weighted by Gasteiger charge is 2.10. The zero-order chi connectivity index (χ0) is 16.2. The second kappa shape index (κ2) is 6.86. The Morgan fingerprint density at radius 1 is 0.696 bits per heavy atom. The summed E-state index contributed by atoms with van der Waals surface area (Å²) in [7, 11) is 0. The number of ether oxygens (including phenoxy) is 2. The average Bonchev–Trinajstić information content (AvgIpc) is 2.51. The van der Waals surface area contributed by atoms with E-state index in [-0.39, 0.29) is 0 Å². The van der Waals surface area contributed by atoms with Crippen molar-refractivity contribution < 1.29 is 9.47 Å². The van der Waals surface area contributed by atoms with Crippen LogP contribution in [0.1, 0.15) is 5.56 Å². The van der Waals surface area contributed by atoms with E-state index in [2.05, 4.69) is 9.97 Å². The first-order chi connectivity index (χ1) is 11.1. The van der Waals surface area contributed by atoms with Gasteiger partial charge in [0.25, 0.3) is 0 Å². The molecule has 0 radical (unpaired) electrons. The van der Waals surface area contributed by atoms with Crippen molar-refractivity contribution in [3.63, 3.8) is 0 Å². The molecule has 0 saturated carbocycles. The van der Waals surface area contributed by atoms with Gasteiger partial charge in [0.15, 0.2) is 0 Å². The van der Waals surface area contributed by atoms with Gasteiger partial charge in [0.05, 0.1) is 0 Å². The van der Waals surface area contributed by atoms with Crippen molar-refractivity contribution in [3.05, 3.63) is 70.5 Å². The summed E-state index contributed by atoms with van der Waals surface area (Å²) in [5.74, 6) is 2.08. The monoisotopic (exact) mass is 346 g/mol. The predicted molar refractivity (Wildman–Crippen MR) is 89.8 cm³/mol. The average molecular weight is 347 g/mol. The molecule has 0 aliphatic rings. The molecule has 0 aliphatic heterocycles. The van der Waals surface area contributed by atoms with E-state index in [1.165, 1.54) is 0 Å². The molecule has 2 aromatic heterocycles. The molecule has 4 nitrogen and oxygen atoms in total. The first kappa shape index (κ1) is 15.6. The Hall–Kier alpha value is -2.30. The van der Waals surface area contributed by atoms with Gasteiger partial charge in [0.2, 0.25) is 11.8 Å². The Balaban J connectivity index is 1.86. The van der Waals surface area contributed by atoms with Crippen molar-refractivity contribution in [1.82, 2.24) is 9.97 Å². The van der Waals surface area contributed by atoms with E-state index in [4.69, 9.17) is 32.7 Å². The van der Waals surface area contributed by atoms with Crippen molar-refractivity contribution in [3.8, 4) is 23.3 Å². The van der Waals surface area contributed by atoms with Crippen LogP contribution in [-0.4, -0.2) is 9.97 Å². The zero-order valence-corrected chi connectivity index (χ0v) is 13.7. The van der Waals surface area contributed by atoms with Gasteiger partial charge in [-0.3, -0.25) is 0 Å². The summed E-state index contributed by atoms with van der Waals surface area (Å²) < 4.78 is 11.5. The number of hydrogen-bond donors (Lipinski definition) is 0. The summed E-state index contributed by atoms with van der Waals surface area (Å²) in [6.45, 7) is 1.89. The minimum atomic E-state index is 0.371. The van der Waals surface area contributed by atoms with E-state index in [1.807, 2.05) is 25.1 Å². The molecule has 1 aromatic carbocycles. The number of pyridine rings is 2. The topological polar surface area (TPSA) is 44.2 Å². The van der Waals surface area contributed by atoms with Crippen molar-refractivity contribution in [1.29, 1.82) is 0 Å². The van der Waals surface area contributed by atoms with Crippen molar-refractivity contribution in [2.24, 2.45) is 0 Å². The number of nitrogens with zero attached hydrogens (tertiary/aromatic N) is 2. The zero-order valence-electron chi connectivity index (χ0n) is 12.2. The lowest BCUT2D eigenvalue weighted by Gasteiger charge is -2.12. The van der Waals surface area contributed by atoms with Gasteiger partial charge in [0, 0.05) is 17.7 Å². The van der Waals surface area contributed by atoms with Crippen LogP contribution in [0, 0.1) is 6.92 Å². The highest BCUT2D eigenvalue weighted by atomic mass is 35.5. The van der Waals surface area contributed by atoms with Gasteiger partial charge in [-0.2, -0.15) is 0 Å². The largest absolute Gasteiger partial charge is 0.439 e. The van der Waals surface area contributed by atoms with E-state index < -0.39 is 0 Å². The first-order valence-corrected chi connectivity index (χ1v) is 7.58. The molecule has 6 heteroatoms. The maximum absolute atomic E-state index is 5.87. The van der Waals surface area contributed by atoms with Crippen LogP contribution in [0.2, 0.25) is 10.3 Å². The summed E-state index contributed by atoms with van der Waals surface area (Å²) in [5.41, 5.74) is 0.816. The van der Waals surface area contributed by atoms with Gasteiger partial charge >= 0.3 is 0 Å². The van der Waals surface area contributed by atoms with Crippen LogP contribution in [0.5, 0.6) is 23.3 Å². The quantitative estimate of drug-likeness (QED) is 0.570. The molecule has 0 aliphatic carbocycles. The van der Waals surface area contributed by atoms with Gasteiger partial charge in [-0.25, -0.2) is 9.97 Å². The number of halogens is 2. The molecule has 0 amide bonds. The van der Waals surface area contributed by atoms with Gasteiger partial charge in [-0.05, 0) is 31.2 Å². The predicted octanol–water partition coefficient (Wildman–Crippen LogP) is 5.68. The van der Waals surface area contributed by atoms with E-state index in [9.17, 15) is 0 Å². The van der Waals surface area contributed by atoms with Crippen LogP contribution in [-0.2, 0) is 0 Å². The van der Waals surface area contributed by atoms with Gasteiger partial charge in [-0.1, -0.05) is 41.4 Å². The summed E-state index contributed by atoms with van der Waals surface area (Å²) in [4.78, 5) is 8.21. The lowest BCUT2D eigenvalue weighted by molar-refractivity contribution is 0.436. The summed E-state index contributed by atoms with van der Waals surface area (Å²) >= 11 is 11.7. The van der Waals surface area contributed by atoms with E-state index in [0.29, 0.717) is 33.6 Å². The van der Waals surface area contributed by atoms with Crippen LogP contribution in [0.15, 0.2) is 54.6 Å². The third kappa shape index (κ3) is 3.92. The fraction of sp³-hybridized carbons (Fsp3) is 0.0588. The van der Waals surface area contributed by atoms with E-state index in [0.717, 1.165) is 5.56 Å². The molecule has 0 fully saturated rings. The minimum absolute atomic E-state index is 0.371. The summed E-state index contributed by atoms with van der Waals surface area (Å²) in [5, 5.41) is 0.742. The van der Waals surface area contributed by atoms with Gasteiger partial charge < -0.3 is 9.47 Å². The first-order valence-electron chi connectivity index (χ1n) is 6.82. The highest BCUT2D eigenvalue weighted by Crippen LogP contribution is 2.33. The van der Waals surface area contributed by atoms with Crippen molar-refractivity contribution in [2.75, 3.05) is 0 Å². The molecule has 0 spiro atoms. The highest BCUT2D eigenvalue weighted by molar-refractivity contribution is 6.29. The Kier molecular flexibility index (Phi) is 4.65. The summed E-state index contributed by atoms with van der Waals surface area (Å²) in [6.07, 6.45) is 0. The van der Waals surface area contributed by atoms with Crippen molar-refractivity contribution >= 4 is 23.2 Å². The minimum Gasteiger partial charge on any atom is -0.439 e. The Bertz CT molecular complexity index is 775. The van der Waals surface area contributed by atoms with Crippen molar-refractivity contribution in [2.45, 2.75) is 6.92 Å². The molecule has 23 heavy (non-hydrogen) atoms. The molecule has 3 rings (SSSR count). The lowest BCUT2D eigenvalue weighted by Crippen LogP contribution is -1.94. The molecular formula is C17H12Cl2N2O2. The molecule has 0 unspecified atom stereocenters. The van der Waals surface area contributed by atoms with Gasteiger partial charge in [-0.15, -0.1) is 0 Å². The number of aromatic nitrogens is 2. The Morgan fingerprint density at radius 2 is 1.13 bits per heavy atom. The lowest BCUT2D eigenvalue weighted by atomic mass is 10.2. The number of hydrogen-bond acceptors (Lipinski definition) is 4. The fourth-order valence-electron chi connectivity index (χ4n) is 1.93. The molecule has 3 aromatic rings. The van der Waals surface area contributed by atoms with Crippen LogP contribution < -0.4 is 9.47 Å². The second-order valence-electron chi connectivity index (χ2n) is 4.68. The van der Waals surface area contributed by atoms with Crippen LogP contribution in [0.3, 0.4) is 0 Å². The second-order valence-corrected chi connectivity index (χ2v) is 5.46. The molecule has 0 saturated heterocycles. The van der Waals surface area contributed by atoms with Crippen LogP contribution in [0.25, 0.3) is 0 Å². The van der Waals surface area contributed by atoms with Gasteiger partial charge in [0.1, 0.15) is 21.8 Å². The Morgan fingerprint density at radius 3 is 1.57 bits per heavy atom. The SMILES string of the molecule is Cc1c(Oc2cccc(Cl)n2)cccc1Oc1cccc(Cl)n1. The molecule has 2 heterocycles. The van der Waals surface area contributed by atoms with E-state index >= 15 is 0 Å². The number of benzene rings is 1. The third-order valence-electron chi connectivity index (χ3n) is 3.04. The normalized spacial score (nSPS) is 10.4.